The summed E-state index contributed by atoms with van der Waals surface area (Å²) in [5.74, 6) is 0.796. The average molecular weight is 324 g/mol. The van der Waals surface area contributed by atoms with Crippen molar-refractivity contribution in [3.63, 3.8) is 0 Å². The van der Waals surface area contributed by atoms with Crippen molar-refractivity contribution in [1.29, 1.82) is 0 Å². The highest BCUT2D eigenvalue weighted by atomic mass is 16.2. The summed E-state index contributed by atoms with van der Waals surface area (Å²) in [4.78, 5) is 19.4. The van der Waals surface area contributed by atoms with Crippen molar-refractivity contribution in [2.24, 2.45) is 13.0 Å². The monoisotopic (exact) mass is 324 g/mol. The maximum Gasteiger partial charge on any atom is 0.226 e. The van der Waals surface area contributed by atoms with Crippen LogP contribution in [-0.2, 0) is 11.8 Å². The van der Waals surface area contributed by atoms with Gasteiger partial charge in [-0.05, 0) is 50.7 Å². The number of pyridine rings is 1. The molecule has 1 saturated heterocycles. The number of carbonyl (C=O) groups is 1. The molecule has 2 aliphatic rings. The molecule has 126 valence electrons. The van der Waals surface area contributed by atoms with Gasteiger partial charge in [-0.1, -0.05) is 6.07 Å². The van der Waals surface area contributed by atoms with E-state index < -0.39 is 0 Å². The lowest BCUT2D eigenvalue weighted by Gasteiger charge is -2.25. The third-order valence-electron chi connectivity index (χ3n) is 5.65. The van der Waals surface area contributed by atoms with Crippen molar-refractivity contribution in [3.8, 4) is 0 Å². The van der Waals surface area contributed by atoms with Gasteiger partial charge in [-0.2, -0.15) is 5.10 Å². The van der Waals surface area contributed by atoms with E-state index in [1.807, 2.05) is 24.0 Å². The van der Waals surface area contributed by atoms with Crippen molar-refractivity contribution >= 4 is 5.91 Å². The highest BCUT2D eigenvalue weighted by Gasteiger charge is 2.48. The second-order valence-corrected chi connectivity index (χ2v) is 7.13. The van der Waals surface area contributed by atoms with Gasteiger partial charge in [0.2, 0.25) is 5.91 Å². The summed E-state index contributed by atoms with van der Waals surface area (Å²) in [5, 5.41) is 4.54. The molecule has 2 fully saturated rings. The first-order valence-electron chi connectivity index (χ1n) is 8.78. The molecule has 0 bridgehead atoms. The average Bonchev–Trinajstić information content (AvgIpc) is 3.18. The molecule has 5 heteroatoms. The molecule has 4 rings (SSSR count). The molecule has 1 amide bonds. The van der Waals surface area contributed by atoms with E-state index in [2.05, 4.69) is 34.9 Å². The zero-order valence-corrected chi connectivity index (χ0v) is 14.6. The molecule has 1 saturated carbocycles. The Hall–Kier alpha value is -2.17. The Bertz CT molecular complexity index is 767. The van der Waals surface area contributed by atoms with Crippen LogP contribution in [0.3, 0.4) is 0 Å². The molecule has 24 heavy (non-hydrogen) atoms. The van der Waals surface area contributed by atoms with E-state index in [0.29, 0.717) is 11.8 Å². The molecular formula is C19H24N4O. The summed E-state index contributed by atoms with van der Waals surface area (Å²) in [7, 11) is 1.98. The highest BCUT2D eigenvalue weighted by Crippen LogP contribution is 2.50. The Morgan fingerprint density at radius 2 is 2.17 bits per heavy atom. The van der Waals surface area contributed by atoms with Gasteiger partial charge in [0.05, 0.1) is 11.7 Å². The van der Waals surface area contributed by atoms with Crippen molar-refractivity contribution in [1.82, 2.24) is 19.7 Å². The number of hydrogen-bond acceptors (Lipinski definition) is 3. The van der Waals surface area contributed by atoms with Crippen LogP contribution in [0.1, 0.15) is 53.7 Å². The first-order chi connectivity index (χ1) is 11.6. The summed E-state index contributed by atoms with van der Waals surface area (Å²) >= 11 is 0. The fourth-order valence-electron chi connectivity index (χ4n) is 4.25. The van der Waals surface area contributed by atoms with Crippen LogP contribution in [0.4, 0.5) is 0 Å². The predicted molar refractivity (Wildman–Crippen MR) is 91.5 cm³/mol. The predicted octanol–water partition coefficient (Wildman–Crippen LogP) is 2.90. The van der Waals surface area contributed by atoms with Crippen molar-refractivity contribution in [2.45, 2.75) is 45.1 Å². The maximum absolute atomic E-state index is 13.1. The Kier molecular flexibility index (Phi) is 3.66. The maximum atomic E-state index is 13.1. The number of nitrogens with zero attached hydrogens (tertiary/aromatic N) is 4. The molecule has 5 nitrogen and oxygen atoms in total. The van der Waals surface area contributed by atoms with Gasteiger partial charge in [-0.3, -0.25) is 14.5 Å². The Morgan fingerprint density at radius 3 is 2.83 bits per heavy atom. The minimum absolute atomic E-state index is 0.132. The third-order valence-corrected chi connectivity index (χ3v) is 5.65. The van der Waals surface area contributed by atoms with Gasteiger partial charge >= 0.3 is 0 Å². The van der Waals surface area contributed by atoms with Gasteiger partial charge in [0.15, 0.2) is 0 Å². The Labute approximate surface area is 142 Å². The first-order valence-corrected chi connectivity index (χ1v) is 8.78. The van der Waals surface area contributed by atoms with Crippen LogP contribution >= 0.6 is 0 Å². The number of hydrogen-bond donors (Lipinski definition) is 0. The van der Waals surface area contributed by atoms with E-state index in [9.17, 15) is 4.79 Å². The molecule has 0 spiro atoms. The van der Waals surface area contributed by atoms with Crippen LogP contribution in [0.5, 0.6) is 0 Å². The van der Waals surface area contributed by atoms with Crippen LogP contribution in [0.2, 0.25) is 0 Å². The van der Waals surface area contributed by atoms with Gasteiger partial charge < -0.3 is 4.90 Å². The fourth-order valence-corrected chi connectivity index (χ4v) is 4.25. The van der Waals surface area contributed by atoms with Crippen LogP contribution < -0.4 is 0 Å². The van der Waals surface area contributed by atoms with Crippen molar-refractivity contribution < 1.29 is 4.79 Å². The standard InChI is InChI=1S/C19H24N4O/c1-12-18(13(2)22(3)21-12)17-7-5-9-23(17)19(24)16-10-15(16)14-6-4-8-20-11-14/h4,6,8,11,15-17H,5,7,9-10H2,1-3H3/t15-,16+,17-/m0/s1. The van der Waals surface area contributed by atoms with Crippen LogP contribution in [0, 0.1) is 19.8 Å². The normalized spacial score (nSPS) is 26.0. The topological polar surface area (TPSA) is 51.0 Å². The number of amides is 1. The second kappa shape index (κ2) is 5.72. The SMILES string of the molecule is Cc1nn(C)c(C)c1[C@@H]1CCCN1C(=O)[C@@H]1C[C@H]1c1cccnc1. The van der Waals surface area contributed by atoms with E-state index in [-0.39, 0.29) is 12.0 Å². The molecule has 2 aromatic heterocycles. The summed E-state index contributed by atoms with van der Waals surface area (Å²) in [5.41, 5.74) is 4.68. The smallest absolute Gasteiger partial charge is 0.226 e. The fraction of sp³-hybridized carbons (Fsp3) is 0.526. The zero-order chi connectivity index (χ0) is 16.8. The third kappa shape index (κ3) is 2.43. The summed E-state index contributed by atoms with van der Waals surface area (Å²) < 4.78 is 1.93. The van der Waals surface area contributed by atoms with E-state index in [4.69, 9.17) is 0 Å². The lowest BCUT2D eigenvalue weighted by Crippen LogP contribution is -2.32. The summed E-state index contributed by atoms with van der Waals surface area (Å²) in [6.45, 7) is 5.03. The molecule has 0 unspecified atom stereocenters. The molecule has 3 atom stereocenters. The van der Waals surface area contributed by atoms with Crippen molar-refractivity contribution in [2.75, 3.05) is 6.54 Å². The molecule has 1 aliphatic carbocycles. The minimum Gasteiger partial charge on any atom is -0.335 e. The highest BCUT2D eigenvalue weighted by molar-refractivity contribution is 5.83. The summed E-state index contributed by atoms with van der Waals surface area (Å²) in [6.07, 6.45) is 6.76. The molecular weight excluding hydrogens is 300 g/mol. The number of aryl methyl sites for hydroxylation is 2. The lowest BCUT2D eigenvalue weighted by atomic mass is 10.0. The summed E-state index contributed by atoms with van der Waals surface area (Å²) in [6, 6.07) is 4.24. The van der Waals surface area contributed by atoms with Crippen LogP contribution in [0.15, 0.2) is 24.5 Å². The molecule has 1 aliphatic heterocycles. The lowest BCUT2D eigenvalue weighted by molar-refractivity contribution is -0.133. The van der Waals surface area contributed by atoms with Crippen molar-refractivity contribution in [3.05, 3.63) is 47.0 Å². The van der Waals surface area contributed by atoms with Crippen LogP contribution in [0.25, 0.3) is 0 Å². The zero-order valence-electron chi connectivity index (χ0n) is 14.6. The van der Waals surface area contributed by atoms with E-state index in [0.717, 1.165) is 31.5 Å². The van der Waals surface area contributed by atoms with E-state index in [1.54, 1.807) is 6.20 Å². The number of likely N-dealkylation sites (tertiary alicyclic amines) is 1. The second-order valence-electron chi connectivity index (χ2n) is 7.13. The molecule has 2 aromatic rings. The number of carbonyl (C=O) groups excluding carboxylic acids is 1. The first kappa shape index (κ1) is 15.4. The van der Waals surface area contributed by atoms with Gasteiger partial charge in [0.25, 0.3) is 0 Å². The molecule has 0 aromatic carbocycles. The number of aromatic nitrogens is 3. The number of rotatable bonds is 3. The van der Waals surface area contributed by atoms with E-state index in [1.165, 1.54) is 16.8 Å². The Morgan fingerprint density at radius 1 is 1.33 bits per heavy atom. The van der Waals surface area contributed by atoms with Gasteiger partial charge in [-0.15, -0.1) is 0 Å². The van der Waals surface area contributed by atoms with E-state index >= 15 is 0 Å². The van der Waals surface area contributed by atoms with Crippen LogP contribution in [-0.4, -0.2) is 32.1 Å². The molecule has 3 heterocycles. The van der Waals surface area contributed by atoms with Gasteiger partial charge in [-0.25, -0.2) is 0 Å². The Balaban J connectivity index is 1.55. The van der Waals surface area contributed by atoms with Gasteiger partial charge in [0.1, 0.15) is 0 Å². The minimum atomic E-state index is 0.132. The quantitative estimate of drug-likeness (QED) is 0.872. The molecule has 0 N–H and O–H groups in total. The molecule has 0 radical (unpaired) electrons. The largest absolute Gasteiger partial charge is 0.335 e. The van der Waals surface area contributed by atoms with Gasteiger partial charge in [0, 0.05) is 43.2 Å².